The zero-order valence-corrected chi connectivity index (χ0v) is 13.5. The van der Waals surface area contributed by atoms with Gasteiger partial charge in [-0.05, 0) is 23.6 Å². The first-order chi connectivity index (χ1) is 11.3. The van der Waals surface area contributed by atoms with Crippen LogP contribution in [0.15, 0.2) is 40.6 Å². The van der Waals surface area contributed by atoms with Crippen molar-refractivity contribution in [2.24, 2.45) is 0 Å². The maximum absolute atomic E-state index is 12.3. The molecule has 1 amide bonds. The lowest BCUT2D eigenvalue weighted by Gasteiger charge is -2.34. The van der Waals surface area contributed by atoms with Crippen LogP contribution in [0.4, 0.5) is 0 Å². The van der Waals surface area contributed by atoms with Crippen LogP contribution in [0.25, 0.3) is 0 Å². The van der Waals surface area contributed by atoms with Crippen LogP contribution in [0.2, 0.25) is 0 Å². The molecule has 2 aromatic rings. The molecular formula is C16H19N3O3S. The highest BCUT2D eigenvalue weighted by Crippen LogP contribution is 2.25. The molecule has 1 aliphatic heterocycles. The molecule has 3 rings (SSSR count). The number of nitrogens with one attached hydrogen (secondary N) is 2. The highest BCUT2D eigenvalue weighted by molar-refractivity contribution is 7.10. The minimum Gasteiger partial charge on any atom is -0.379 e. The fourth-order valence-corrected chi connectivity index (χ4v) is 3.53. The highest BCUT2D eigenvalue weighted by Gasteiger charge is 2.24. The molecule has 0 bridgehead atoms. The standard InChI is InChI=1S/C16H19N3O3S/c20-15-12(3-1-5-17-15)16(21)18-11-13(14-4-2-10-23-14)19-6-8-22-9-7-19/h1-5,10,13H,6-9,11H2,(H,17,20)(H,18,21)/t13-/m1/s1. The fourth-order valence-electron chi connectivity index (χ4n) is 2.66. The molecule has 23 heavy (non-hydrogen) atoms. The third kappa shape index (κ3) is 3.87. The molecular weight excluding hydrogens is 314 g/mol. The Kier molecular flexibility index (Phi) is 5.22. The van der Waals surface area contributed by atoms with Crippen LogP contribution in [0.1, 0.15) is 21.3 Å². The van der Waals surface area contributed by atoms with Gasteiger partial charge in [0, 0.05) is 30.7 Å². The van der Waals surface area contributed by atoms with Gasteiger partial charge in [-0.25, -0.2) is 0 Å². The summed E-state index contributed by atoms with van der Waals surface area (Å²) in [5.41, 5.74) is -0.233. The van der Waals surface area contributed by atoms with Crippen LogP contribution in [0, 0.1) is 0 Å². The van der Waals surface area contributed by atoms with E-state index >= 15 is 0 Å². The van der Waals surface area contributed by atoms with Crippen molar-refractivity contribution >= 4 is 17.2 Å². The van der Waals surface area contributed by atoms with Crippen molar-refractivity contribution < 1.29 is 9.53 Å². The second kappa shape index (κ2) is 7.54. The van der Waals surface area contributed by atoms with Crippen LogP contribution >= 0.6 is 11.3 Å². The molecule has 6 nitrogen and oxygen atoms in total. The molecule has 0 unspecified atom stereocenters. The molecule has 1 saturated heterocycles. The number of carbonyl (C=O) groups excluding carboxylic acids is 1. The number of morpholine rings is 1. The number of rotatable bonds is 5. The first-order valence-corrected chi connectivity index (χ1v) is 8.45. The topological polar surface area (TPSA) is 74.4 Å². The van der Waals surface area contributed by atoms with Crippen LogP contribution in [-0.4, -0.2) is 48.6 Å². The number of H-pyrrole nitrogens is 1. The normalized spacial score (nSPS) is 16.9. The second-order valence-electron chi connectivity index (χ2n) is 5.30. The summed E-state index contributed by atoms with van der Waals surface area (Å²) in [6, 6.07) is 7.37. The monoisotopic (exact) mass is 333 g/mol. The average Bonchev–Trinajstić information content (AvgIpc) is 3.10. The smallest absolute Gasteiger partial charge is 0.260 e. The number of aromatic nitrogens is 1. The predicted octanol–water partition coefficient (Wildman–Crippen LogP) is 1.24. The quantitative estimate of drug-likeness (QED) is 0.863. The number of thiophene rings is 1. The number of hydrogen-bond donors (Lipinski definition) is 2. The maximum Gasteiger partial charge on any atom is 0.260 e. The highest BCUT2D eigenvalue weighted by atomic mass is 32.1. The van der Waals surface area contributed by atoms with Crippen molar-refractivity contribution in [1.29, 1.82) is 0 Å². The van der Waals surface area contributed by atoms with Gasteiger partial charge in [0.05, 0.1) is 19.3 Å². The molecule has 1 atom stereocenters. The fraction of sp³-hybridized carbons (Fsp3) is 0.375. The number of ether oxygens (including phenoxy) is 1. The van der Waals surface area contributed by atoms with Gasteiger partial charge < -0.3 is 15.0 Å². The summed E-state index contributed by atoms with van der Waals surface area (Å²) in [7, 11) is 0. The van der Waals surface area contributed by atoms with Crippen LogP contribution in [0.3, 0.4) is 0 Å². The zero-order chi connectivity index (χ0) is 16.1. The molecule has 1 aliphatic rings. The first-order valence-electron chi connectivity index (χ1n) is 7.57. The summed E-state index contributed by atoms with van der Waals surface area (Å²) in [5.74, 6) is -0.346. The number of hydrogen-bond acceptors (Lipinski definition) is 5. The van der Waals surface area contributed by atoms with Gasteiger partial charge in [0.1, 0.15) is 5.56 Å². The van der Waals surface area contributed by atoms with Crippen molar-refractivity contribution in [3.05, 3.63) is 56.6 Å². The van der Waals surface area contributed by atoms with Gasteiger partial charge in [0.25, 0.3) is 11.5 Å². The van der Waals surface area contributed by atoms with E-state index in [2.05, 4.69) is 21.3 Å². The van der Waals surface area contributed by atoms with E-state index in [1.807, 2.05) is 11.4 Å². The van der Waals surface area contributed by atoms with Crippen LogP contribution < -0.4 is 10.9 Å². The molecule has 2 N–H and O–H groups in total. The molecule has 3 heterocycles. The summed E-state index contributed by atoms with van der Waals surface area (Å²) in [5, 5.41) is 4.92. The van der Waals surface area contributed by atoms with Gasteiger partial charge >= 0.3 is 0 Å². The Bertz CT molecular complexity index is 693. The van der Waals surface area contributed by atoms with E-state index in [1.54, 1.807) is 17.4 Å². The van der Waals surface area contributed by atoms with Crippen LogP contribution in [-0.2, 0) is 4.74 Å². The third-order valence-corrected chi connectivity index (χ3v) is 4.85. The summed E-state index contributed by atoms with van der Waals surface area (Å²) >= 11 is 1.67. The van der Waals surface area contributed by atoms with E-state index in [-0.39, 0.29) is 23.1 Å². The Morgan fingerprint density at radius 1 is 1.35 bits per heavy atom. The largest absolute Gasteiger partial charge is 0.379 e. The second-order valence-corrected chi connectivity index (χ2v) is 6.28. The Morgan fingerprint density at radius 2 is 2.17 bits per heavy atom. The van der Waals surface area contributed by atoms with Crippen molar-refractivity contribution in [2.45, 2.75) is 6.04 Å². The summed E-state index contributed by atoms with van der Waals surface area (Å²) in [4.78, 5) is 30.0. The molecule has 0 saturated carbocycles. The SMILES string of the molecule is O=C(NC[C@H](c1cccs1)N1CCOCC1)c1ccc[nH]c1=O. The Hall–Kier alpha value is -1.96. The van der Waals surface area contributed by atoms with Gasteiger partial charge in [-0.1, -0.05) is 6.07 Å². The average molecular weight is 333 g/mol. The summed E-state index contributed by atoms with van der Waals surface area (Å²) in [6.07, 6.45) is 1.52. The summed E-state index contributed by atoms with van der Waals surface area (Å²) < 4.78 is 5.41. The molecule has 122 valence electrons. The van der Waals surface area contributed by atoms with Gasteiger partial charge in [-0.3, -0.25) is 14.5 Å². The summed E-state index contributed by atoms with van der Waals surface area (Å²) in [6.45, 7) is 3.55. The van der Waals surface area contributed by atoms with Crippen molar-refractivity contribution in [3.8, 4) is 0 Å². The molecule has 1 fully saturated rings. The van der Waals surface area contributed by atoms with Gasteiger partial charge in [0.15, 0.2) is 0 Å². The van der Waals surface area contributed by atoms with Crippen molar-refractivity contribution in [2.75, 3.05) is 32.8 Å². The van der Waals surface area contributed by atoms with Gasteiger partial charge in [-0.15, -0.1) is 11.3 Å². The van der Waals surface area contributed by atoms with Gasteiger partial charge in [0.2, 0.25) is 0 Å². The van der Waals surface area contributed by atoms with E-state index in [9.17, 15) is 9.59 Å². The molecule has 0 radical (unpaired) electrons. The Morgan fingerprint density at radius 3 is 2.87 bits per heavy atom. The minimum atomic E-state index is -0.371. The van der Waals surface area contributed by atoms with E-state index < -0.39 is 0 Å². The lowest BCUT2D eigenvalue weighted by Crippen LogP contribution is -2.44. The lowest BCUT2D eigenvalue weighted by atomic mass is 10.1. The number of carbonyl (C=O) groups is 1. The van der Waals surface area contributed by atoms with E-state index in [0.717, 1.165) is 13.1 Å². The number of nitrogens with zero attached hydrogens (tertiary/aromatic N) is 1. The first kappa shape index (κ1) is 15.9. The van der Waals surface area contributed by atoms with E-state index in [1.165, 1.54) is 17.1 Å². The lowest BCUT2D eigenvalue weighted by molar-refractivity contribution is 0.0169. The number of pyridine rings is 1. The molecule has 7 heteroatoms. The molecule has 0 spiro atoms. The number of amides is 1. The van der Waals surface area contributed by atoms with Crippen molar-refractivity contribution in [3.63, 3.8) is 0 Å². The van der Waals surface area contributed by atoms with Gasteiger partial charge in [-0.2, -0.15) is 0 Å². The third-order valence-electron chi connectivity index (χ3n) is 3.88. The van der Waals surface area contributed by atoms with E-state index in [4.69, 9.17) is 4.74 Å². The van der Waals surface area contributed by atoms with Crippen molar-refractivity contribution in [1.82, 2.24) is 15.2 Å². The molecule has 0 aliphatic carbocycles. The number of aromatic amines is 1. The predicted molar refractivity (Wildman–Crippen MR) is 88.8 cm³/mol. The zero-order valence-electron chi connectivity index (χ0n) is 12.7. The minimum absolute atomic E-state index is 0.102. The Labute approximate surface area is 138 Å². The Balaban J connectivity index is 1.70. The molecule has 2 aromatic heterocycles. The van der Waals surface area contributed by atoms with Crippen LogP contribution in [0.5, 0.6) is 0 Å². The molecule has 0 aromatic carbocycles. The maximum atomic E-state index is 12.3. The van der Waals surface area contributed by atoms with E-state index in [0.29, 0.717) is 19.8 Å².